The summed E-state index contributed by atoms with van der Waals surface area (Å²) in [5.41, 5.74) is 10.9. The smallest absolute Gasteiger partial charge is 0.166 e. The molecule has 5 rings (SSSR count). The number of rotatable bonds is 0. The van der Waals surface area contributed by atoms with Crippen LogP contribution in [0.5, 0.6) is 5.75 Å². The molecule has 0 saturated carbocycles. The van der Waals surface area contributed by atoms with Crippen molar-refractivity contribution >= 4 is 5.82 Å². The van der Waals surface area contributed by atoms with Crippen LogP contribution in [-0.4, -0.2) is 19.5 Å². The zero-order chi connectivity index (χ0) is 21.5. The van der Waals surface area contributed by atoms with Crippen molar-refractivity contribution in [2.75, 3.05) is 5.73 Å². The number of ether oxygens (including phenoxy) is 1. The number of nitrogen functional groups attached to an aromatic ring is 1. The van der Waals surface area contributed by atoms with Gasteiger partial charge in [-0.2, -0.15) is 5.26 Å². The lowest BCUT2D eigenvalue weighted by Gasteiger charge is -2.22. The van der Waals surface area contributed by atoms with Crippen LogP contribution in [0.15, 0.2) is 55.2 Å². The third kappa shape index (κ3) is 3.16. The van der Waals surface area contributed by atoms with Crippen molar-refractivity contribution < 1.29 is 9.13 Å². The molecule has 0 unspecified atom stereocenters. The summed E-state index contributed by atoms with van der Waals surface area (Å²) in [4.78, 5) is 12.8. The molecule has 31 heavy (non-hydrogen) atoms. The van der Waals surface area contributed by atoms with Crippen LogP contribution in [0.25, 0.3) is 22.4 Å². The van der Waals surface area contributed by atoms with Crippen molar-refractivity contribution in [1.82, 2.24) is 19.5 Å². The van der Waals surface area contributed by atoms with Gasteiger partial charge < -0.3 is 15.0 Å². The van der Waals surface area contributed by atoms with Gasteiger partial charge in [-0.3, -0.25) is 4.98 Å². The number of nitrogens with two attached hydrogens (primary N) is 1. The van der Waals surface area contributed by atoms with Crippen LogP contribution in [0, 0.1) is 17.1 Å². The molecule has 2 N–H and O–H groups in total. The summed E-state index contributed by atoms with van der Waals surface area (Å²) in [5, 5.41) is 9.60. The molecule has 1 aliphatic rings. The van der Waals surface area contributed by atoms with Crippen LogP contribution in [0.1, 0.15) is 29.8 Å². The third-order valence-electron chi connectivity index (χ3n) is 5.40. The van der Waals surface area contributed by atoms with E-state index in [1.807, 2.05) is 17.6 Å². The SMILES string of the molecule is C[C@H]1Oc2cc(cnc2N)-c2c(C#N)ncn2Cc2ccncc2-c2ccc(F)cc21. The first kappa shape index (κ1) is 18.8. The molecule has 0 amide bonds. The van der Waals surface area contributed by atoms with E-state index in [9.17, 15) is 9.65 Å². The van der Waals surface area contributed by atoms with E-state index >= 15 is 0 Å². The molecule has 1 atom stereocenters. The van der Waals surface area contributed by atoms with Crippen LogP contribution in [0.2, 0.25) is 0 Å². The molecule has 0 saturated heterocycles. The first-order chi connectivity index (χ1) is 15.0. The zero-order valence-corrected chi connectivity index (χ0v) is 16.6. The minimum atomic E-state index is -0.516. The van der Waals surface area contributed by atoms with E-state index in [1.54, 1.807) is 37.1 Å². The minimum absolute atomic E-state index is 0.206. The largest absolute Gasteiger partial charge is 0.482 e. The van der Waals surface area contributed by atoms with E-state index in [2.05, 4.69) is 21.0 Å². The fourth-order valence-corrected chi connectivity index (χ4v) is 3.92. The van der Waals surface area contributed by atoms with Crippen molar-refractivity contribution in [1.29, 1.82) is 5.26 Å². The molecule has 0 spiro atoms. The van der Waals surface area contributed by atoms with Crippen molar-refractivity contribution in [3.05, 3.63) is 77.9 Å². The predicted molar refractivity (Wildman–Crippen MR) is 112 cm³/mol. The topological polar surface area (TPSA) is 103 Å². The minimum Gasteiger partial charge on any atom is -0.482 e. The van der Waals surface area contributed by atoms with Crippen LogP contribution < -0.4 is 10.5 Å². The Balaban J connectivity index is 1.83. The van der Waals surface area contributed by atoms with Crippen molar-refractivity contribution in [3.63, 3.8) is 0 Å². The summed E-state index contributed by atoms with van der Waals surface area (Å²) >= 11 is 0. The lowest BCUT2D eigenvalue weighted by Crippen LogP contribution is -2.11. The fraction of sp³-hybridized carbons (Fsp3) is 0.130. The van der Waals surface area contributed by atoms with Gasteiger partial charge in [-0.25, -0.2) is 14.4 Å². The van der Waals surface area contributed by atoms with Gasteiger partial charge in [0, 0.05) is 41.8 Å². The fourth-order valence-electron chi connectivity index (χ4n) is 3.92. The Hall–Kier alpha value is -4.25. The van der Waals surface area contributed by atoms with Gasteiger partial charge >= 0.3 is 0 Å². The number of benzene rings is 1. The standard InChI is InChI=1S/C23H17FN6O/c1-13-18-7-16(24)2-3-17(18)19-10-27-5-4-14(19)11-30-12-29-20(8-25)22(30)15-6-21(31-13)23(26)28-9-15/h2-7,9-10,12-13H,11H2,1H3,(H2,26,28)/t13-/m1/s1. The second-order valence-corrected chi connectivity index (χ2v) is 7.31. The highest BCUT2D eigenvalue weighted by molar-refractivity contribution is 5.72. The van der Waals surface area contributed by atoms with E-state index < -0.39 is 6.10 Å². The van der Waals surface area contributed by atoms with E-state index in [1.165, 1.54) is 12.1 Å². The molecule has 0 radical (unpaired) electrons. The Morgan fingerprint density at radius 3 is 2.90 bits per heavy atom. The predicted octanol–water partition coefficient (Wildman–Crippen LogP) is 4.10. The molecular formula is C23H17FN6O. The Bertz CT molecular complexity index is 1360. The average molecular weight is 412 g/mol. The van der Waals surface area contributed by atoms with E-state index in [-0.39, 0.29) is 17.3 Å². The second kappa shape index (κ2) is 7.22. The molecule has 1 aliphatic heterocycles. The molecule has 8 heteroatoms. The number of imidazole rings is 1. The van der Waals surface area contributed by atoms with Gasteiger partial charge in [0.15, 0.2) is 17.3 Å². The number of aromatic nitrogens is 4. The molecular weight excluding hydrogens is 395 g/mol. The highest BCUT2D eigenvalue weighted by atomic mass is 19.1. The lowest BCUT2D eigenvalue weighted by molar-refractivity contribution is 0.228. The van der Waals surface area contributed by atoms with E-state index in [4.69, 9.17) is 10.5 Å². The highest BCUT2D eigenvalue weighted by Crippen LogP contribution is 2.37. The number of nitrogens with zero attached hydrogens (tertiary/aromatic N) is 5. The summed E-state index contributed by atoms with van der Waals surface area (Å²) in [7, 11) is 0. The normalized spacial score (nSPS) is 14.7. The summed E-state index contributed by atoms with van der Waals surface area (Å²) in [5.74, 6) is 0.197. The van der Waals surface area contributed by atoms with Gasteiger partial charge in [0.1, 0.15) is 18.0 Å². The molecule has 1 aromatic carbocycles. The molecule has 7 nitrogen and oxygen atoms in total. The summed E-state index contributed by atoms with van der Waals surface area (Å²) < 4.78 is 22.2. The first-order valence-electron chi connectivity index (χ1n) is 9.65. The zero-order valence-electron chi connectivity index (χ0n) is 16.6. The number of anilines is 1. The van der Waals surface area contributed by atoms with Crippen LogP contribution >= 0.6 is 0 Å². The van der Waals surface area contributed by atoms with Crippen molar-refractivity contribution in [2.24, 2.45) is 0 Å². The quantitative estimate of drug-likeness (QED) is 0.466. The van der Waals surface area contributed by atoms with E-state index in [0.29, 0.717) is 29.1 Å². The molecule has 0 aliphatic carbocycles. The maximum atomic E-state index is 14.2. The molecule has 2 bridgehead atoms. The Kier molecular flexibility index (Phi) is 4.37. The Morgan fingerprint density at radius 1 is 1.19 bits per heavy atom. The van der Waals surface area contributed by atoms with Crippen LogP contribution in [0.3, 0.4) is 0 Å². The number of pyridine rings is 2. The number of fused-ring (bicyclic) bond motifs is 7. The van der Waals surface area contributed by atoms with Crippen LogP contribution in [0.4, 0.5) is 10.2 Å². The average Bonchev–Trinajstić information content (AvgIpc) is 3.17. The van der Waals surface area contributed by atoms with Gasteiger partial charge in [0.25, 0.3) is 0 Å². The summed E-state index contributed by atoms with van der Waals surface area (Å²) in [6.07, 6.45) is 6.15. The number of nitriles is 1. The molecule has 4 aromatic rings. The molecule has 152 valence electrons. The van der Waals surface area contributed by atoms with Gasteiger partial charge in [0.05, 0.1) is 12.0 Å². The number of hydrogen-bond donors (Lipinski definition) is 1. The molecule has 0 fully saturated rings. The second-order valence-electron chi connectivity index (χ2n) is 7.31. The van der Waals surface area contributed by atoms with Gasteiger partial charge in [-0.15, -0.1) is 0 Å². The monoisotopic (exact) mass is 412 g/mol. The highest BCUT2D eigenvalue weighted by Gasteiger charge is 2.22. The van der Waals surface area contributed by atoms with Gasteiger partial charge in [-0.05, 0) is 42.3 Å². The molecule has 3 aromatic heterocycles. The lowest BCUT2D eigenvalue weighted by atomic mass is 9.94. The van der Waals surface area contributed by atoms with Gasteiger partial charge in [-0.1, -0.05) is 6.07 Å². The number of halogens is 1. The Morgan fingerprint density at radius 2 is 2.06 bits per heavy atom. The third-order valence-corrected chi connectivity index (χ3v) is 5.40. The maximum absolute atomic E-state index is 14.2. The van der Waals surface area contributed by atoms with Crippen LogP contribution in [-0.2, 0) is 6.54 Å². The maximum Gasteiger partial charge on any atom is 0.166 e. The van der Waals surface area contributed by atoms with E-state index in [0.717, 1.165) is 16.7 Å². The summed E-state index contributed by atoms with van der Waals surface area (Å²) in [6, 6.07) is 10.4. The van der Waals surface area contributed by atoms with Gasteiger partial charge in [0.2, 0.25) is 0 Å². The number of hydrogen-bond acceptors (Lipinski definition) is 6. The molecule has 4 heterocycles. The van der Waals surface area contributed by atoms with Crippen molar-refractivity contribution in [3.8, 4) is 34.2 Å². The Labute approximate surface area is 177 Å². The first-order valence-corrected chi connectivity index (χ1v) is 9.65. The van der Waals surface area contributed by atoms with Crippen molar-refractivity contribution in [2.45, 2.75) is 19.6 Å². The summed E-state index contributed by atoms with van der Waals surface area (Å²) in [6.45, 7) is 2.27.